The summed E-state index contributed by atoms with van der Waals surface area (Å²) in [5.74, 6) is 0. The molecule has 0 radical (unpaired) electrons. The minimum atomic E-state index is -0.656. The fraction of sp³-hybridized carbons (Fsp3) is 0.800. The maximum absolute atomic E-state index is 10.2. The third-order valence-corrected chi connectivity index (χ3v) is 0.935. The van der Waals surface area contributed by atoms with Crippen molar-refractivity contribution in [2.24, 2.45) is 5.73 Å². The lowest BCUT2D eigenvalue weighted by molar-refractivity contribution is 0.131. The number of hydrogen-bond acceptors (Lipinski definition) is 3. The quantitative estimate of drug-likeness (QED) is 0.461. The number of urea groups is 1. The summed E-state index contributed by atoms with van der Waals surface area (Å²) in [6, 6.07) is -1.06. The van der Waals surface area contributed by atoms with E-state index in [4.69, 9.17) is 10.8 Å². The molecule has 2 amide bonds. The number of rotatable bonds is 4. The molecule has 4 N–H and O–H groups in total. The normalized spacial score (nSPS) is 12.6. The van der Waals surface area contributed by atoms with E-state index in [0.717, 1.165) is 0 Å². The first-order valence-corrected chi connectivity index (χ1v) is 2.86. The maximum Gasteiger partial charge on any atom is 0.312 e. The van der Waals surface area contributed by atoms with Gasteiger partial charge in [0, 0.05) is 7.11 Å². The van der Waals surface area contributed by atoms with Crippen LogP contribution in [0.25, 0.3) is 0 Å². The van der Waals surface area contributed by atoms with Crippen molar-refractivity contribution in [2.45, 2.75) is 6.04 Å². The summed E-state index contributed by atoms with van der Waals surface area (Å²) in [5, 5.41) is 10.9. The van der Waals surface area contributed by atoms with Crippen LogP contribution in [0.3, 0.4) is 0 Å². The molecule has 0 aliphatic rings. The van der Waals surface area contributed by atoms with E-state index in [9.17, 15) is 4.79 Å². The lowest BCUT2D eigenvalue weighted by Gasteiger charge is -2.12. The highest BCUT2D eigenvalue weighted by Gasteiger charge is 2.06. The van der Waals surface area contributed by atoms with Crippen LogP contribution in [0.15, 0.2) is 0 Å². The molecule has 0 aromatic rings. The van der Waals surface area contributed by atoms with Crippen LogP contribution < -0.4 is 11.1 Å². The number of nitrogens with two attached hydrogens (primary N) is 1. The molecular weight excluding hydrogens is 136 g/mol. The smallest absolute Gasteiger partial charge is 0.312 e. The standard InChI is InChI=1S/C5H12N2O3/c1-10-3-4(2-8)7-5(6)9/h4,8H,2-3H2,1H3,(H3,6,7,9). The number of amides is 2. The van der Waals surface area contributed by atoms with Gasteiger partial charge in [0.05, 0.1) is 19.3 Å². The third kappa shape index (κ3) is 4.11. The highest BCUT2D eigenvalue weighted by Crippen LogP contribution is 1.81. The highest BCUT2D eigenvalue weighted by molar-refractivity contribution is 5.71. The number of aliphatic hydroxyl groups is 1. The second-order valence-corrected chi connectivity index (χ2v) is 1.84. The Labute approximate surface area is 59.2 Å². The lowest BCUT2D eigenvalue weighted by Crippen LogP contribution is -2.43. The number of nitrogens with one attached hydrogen (secondary N) is 1. The fourth-order valence-corrected chi connectivity index (χ4v) is 0.542. The molecule has 60 valence electrons. The molecule has 0 saturated heterocycles. The average molecular weight is 148 g/mol. The summed E-state index contributed by atoms with van der Waals surface area (Å²) in [7, 11) is 1.48. The molecule has 5 nitrogen and oxygen atoms in total. The van der Waals surface area contributed by atoms with E-state index < -0.39 is 12.1 Å². The molecule has 0 aromatic carbocycles. The SMILES string of the molecule is COCC(CO)NC(N)=O. The Balaban J connectivity index is 3.49. The van der Waals surface area contributed by atoms with Crippen LogP contribution in [-0.2, 0) is 4.74 Å². The molecule has 0 fully saturated rings. The van der Waals surface area contributed by atoms with Gasteiger partial charge in [0.15, 0.2) is 0 Å². The molecule has 0 heterocycles. The van der Waals surface area contributed by atoms with Gasteiger partial charge >= 0.3 is 6.03 Å². The number of ether oxygens (including phenoxy) is 1. The van der Waals surface area contributed by atoms with Crippen molar-refractivity contribution >= 4 is 6.03 Å². The largest absolute Gasteiger partial charge is 0.394 e. The molecule has 10 heavy (non-hydrogen) atoms. The predicted molar refractivity (Wildman–Crippen MR) is 35.5 cm³/mol. The third-order valence-electron chi connectivity index (χ3n) is 0.935. The average Bonchev–Trinajstić information content (AvgIpc) is 1.86. The molecule has 1 atom stereocenters. The van der Waals surface area contributed by atoms with Gasteiger partial charge in [-0.15, -0.1) is 0 Å². The highest BCUT2D eigenvalue weighted by atomic mass is 16.5. The van der Waals surface area contributed by atoms with Gasteiger partial charge in [-0.1, -0.05) is 0 Å². The van der Waals surface area contributed by atoms with Crippen molar-refractivity contribution in [2.75, 3.05) is 20.3 Å². The van der Waals surface area contributed by atoms with Crippen molar-refractivity contribution in [3.8, 4) is 0 Å². The van der Waals surface area contributed by atoms with Crippen molar-refractivity contribution < 1.29 is 14.6 Å². The predicted octanol–water partition coefficient (Wildman–Crippen LogP) is -1.34. The molecule has 1 unspecified atom stereocenters. The first-order chi connectivity index (χ1) is 4.70. The monoisotopic (exact) mass is 148 g/mol. The number of primary amides is 1. The van der Waals surface area contributed by atoms with E-state index in [1.54, 1.807) is 0 Å². The van der Waals surface area contributed by atoms with Crippen LogP contribution in [0.4, 0.5) is 4.79 Å². The van der Waals surface area contributed by atoms with E-state index >= 15 is 0 Å². The second-order valence-electron chi connectivity index (χ2n) is 1.84. The Morgan fingerprint density at radius 2 is 2.50 bits per heavy atom. The number of hydrogen-bond donors (Lipinski definition) is 3. The van der Waals surface area contributed by atoms with Gasteiger partial charge in [-0.05, 0) is 0 Å². The van der Waals surface area contributed by atoms with Gasteiger partial charge in [0.1, 0.15) is 0 Å². The maximum atomic E-state index is 10.2. The summed E-state index contributed by atoms with van der Waals surface area (Å²) in [5.41, 5.74) is 4.78. The van der Waals surface area contributed by atoms with Crippen LogP contribution in [0.2, 0.25) is 0 Å². The molecule has 0 spiro atoms. The topological polar surface area (TPSA) is 84.6 Å². The fourth-order valence-electron chi connectivity index (χ4n) is 0.542. The van der Waals surface area contributed by atoms with Crippen LogP contribution in [-0.4, -0.2) is 37.5 Å². The van der Waals surface area contributed by atoms with Crippen LogP contribution in [0.5, 0.6) is 0 Å². The first kappa shape index (κ1) is 9.19. The molecule has 5 heteroatoms. The van der Waals surface area contributed by atoms with Gasteiger partial charge in [0.25, 0.3) is 0 Å². The molecule has 0 aliphatic carbocycles. The zero-order valence-corrected chi connectivity index (χ0v) is 5.83. The zero-order chi connectivity index (χ0) is 7.98. The minimum absolute atomic E-state index is 0.170. The zero-order valence-electron chi connectivity index (χ0n) is 5.83. The van der Waals surface area contributed by atoms with Crippen molar-refractivity contribution in [1.82, 2.24) is 5.32 Å². The van der Waals surface area contributed by atoms with Crippen molar-refractivity contribution in [1.29, 1.82) is 0 Å². The van der Waals surface area contributed by atoms with Crippen LogP contribution >= 0.6 is 0 Å². The Hall–Kier alpha value is -0.810. The van der Waals surface area contributed by atoms with Gasteiger partial charge in [-0.25, -0.2) is 4.79 Å². The Morgan fingerprint density at radius 1 is 1.90 bits per heavy atom. The van der Waals surface area contributed by atoms with Crippen LogP contribution in [0.1, 0.15) is 0 Å². The number of methoxy groups -OCH3 is 1. The molecule has 0 saturated carbocycles. The Morgan fingerprint density at radius 3 is 2.80 bits per heavy atom. The van der Waals surface area contributed by atoms with Gasteiger partial charge < -0.3 is 20.9 Å². The molecule has 0 aliphatic heterocycles. The van der Waals surface area contributed by atoms with Crippen LogP contribution in [0, 0.1) is 0 Å². The summed E-state index contributed by atoms with van der Waals surface area (Å²) < 4.78 is 4.67. The molecule has 0 aromatic heterocycles. The number of aliphatic hydroxyl groups excluding tert-OH is 1. The van der Waals surface area contributed by atoms with E-state index in [2.05, 4.69) is 10.1 Å². The summed E-state index contributed by atoms with van der Waals surface area (Å²) in [6.45, 7) is 0.0935. The van der Waals surface area contributed by atoms with Gasteiger partial charge in [0.2, 0.25) is 0 Å². The Kier molecular flexibility index (Phi) is 4.61. The molecule has 0 bridgehead atoms. The van der Waals surface area contributed by atoms with Gasteiger partial charge in [-0.3, -0.25) is 0 Å². The second kappa shape index (κ2) is 5.01. The lowest BCUT2D eigenvalue weighted by atomic mass is 10.3. The summed E-state index contributed by atoms with van der Waals surface area (Å²) in [6.07, 6.45) is 0. The van der Waals surface area contributed by atoms with Crippen molar-refractivity contribution in [3.63, 3.8) is 0 Å². The first-order valence-electron chi connectivity index (χ1n) is 2.86. The summed E-state index contributed by atoms with van der Waals surface area (Å²) >= 11 is 0. The van der Waals surface area contributed by atoms with Crippen molar-refractivity contribution in [3.05, 3.63) is 0 Å². The van der Waals surface area contributed by atoms with E-state index in [1.165, 1.54) is 7.11 Å². The van der Waals surface area contributed by atoms with E-state index in [1.807, 2.05) is 0 Å². The van der Waals surface area contributed by atoms with E-state index in [0.29, 0.717) is 0 Å². The number of carbonyl (C=O) groups is 1. The molecule has 0 rings (SSSR count). The number of carbonyl (C=O) groups excluding carboxylic acids is 1. The van der Waals surface area contributed by atoms with Gasteiger partial charge in [-0.2, -0.15) is 0 Å². The minimum Gasteiger partial charge on any atom is -0.394 e. The van der Waals surface area contributed by atoms with E-state index in [-0.39, 0.29) is 13.2 Å². The summed E-state index contributed by atoms with van der Waals surface area (Å²) in [4.78, 5) is 10.2. The Bertz CT molecular complexity index is 107. The molecular formula is C5H12N2O3.